The molecule has 1 unspecified atom stereocenters. The molecule has 1 aliphatic rings. The topological polar surface area (TPSA) is 78.6 Å². The largest absolute Gasteiger partial charge is 0.496 e. The van der Waals surface area contributed by atoms with Gasteiger partial charge in [0.1, 0.15) is 17.6 Å². The fourth-order valence-corrected chi connectivity index (χ4v) is 3.89. The Morgan fingerprint density at radius 3 is 2.76 bits per heavy atom. The average molecular weight is 380 g/mol. The maximum absolute atomic E-state index is 11.4. The number of primary sulfonamides is 1. The molecule has 2 N–H and O–H groups in total. The van der Waals surface area contributed by atoms with Crippen LogP contribution >= 0.6 is 11.6 Å². The third kappa shape index (κ3) is 3.66. The number of halogens is 1. The molecule has 0 saturated heterocycles. The van der Waals surface area contributed by atoms with Crippen LogP contribution < -0.4 is 14.6 Å². The van der Waals surface area contributed by atoms with Crippen molar-refractivity contribution in [1.82, 2.24) is 0 Å². The smallest absolute Gasteiger partial charge is 0.213 e. The first-order valence-electron chi connectivity index (χ1n) is 7.61. The molecule has 2 aromatic rings. The third-order valence-corrected chi connectivity index (χ3v) is 4.95. The van der Waals surface area contributed by atoms with Crippen molar-refractivity contribution in [3.8, 4) is 22.6 Å². The molecule has 1 heterocycles. The van der Waals surface area contributed by atoms with E-state index in [0.29, 0.717) is 28.5 Å². The molecule has 0 aliphatic carbocycles. The van der Waals surface area contributed by atoms with E-state index in [1.165, 1.54) is 0 Å². The van der Waals surface area contributed by atoms with Gasteiger partial charge >= 0.3 is 0 Å². The van der Waals surface area contributed by atoms with Crippen LogP contribution in [-0.2, 0) is 15.8 Å². The maximum atomic E-state index is 11.4. The number of nitrogens with two attached hydrogens (primary N) is 1. The minimum Gasteiger partial charge on any atom is -0.496 e. The van der Waals surface area contributed by atoms with Gasteiger partial charge in [0.2, 0.25) is 10.0 Å². The highest BCUT2D eigenvalue weighted by atomic mass is 35.5. The van der Waals surface area contributed by atoms with Gasteiger partial charge in [-0.25, -0.2) is 13.6 Å². The number of hydrogen-bond acceptors (Lipinski definition) is 4. The quantitative estimate of drug-likeness (QED) is 0.801. The molecule has 2 aromatic carbocycles. The van der Waals surface area contributed by atoms with E-state index >= 15 is 0 Å². The Morgan fingerprint density at radius 2 is 2.12 bits per heavy atom. The number of rotatable bonds is 5. The molecule has 0 radical (unpaired) electrons. The second kappa shape index (κ2) is 6.71. The van der Waals surface area contributed by atoms with E-state index in [4.69, 9.17) is 26.2 Å². The molecule has 1 aliphatic heterocycles. The van der Waals surface area contributed by atoms with Gasteiger partial charge in [0.15, 0.2) is 0 Å². The van der Waals surface area contributed by atoms with Crippen molar-refractivity contribution < 1.29 is 17.9 Å². The van der Waals surface area contributed by atoms with Gasteiger partial charge in [-0.05, 0) is 23.3 Å². The lowest BCUT2D eigenvalue weighted by atomic mass is 9.89. The first-order chi connectivity index (χ1) is 11.8. The molecule has 0 fully saturated rings. The zero-order valence-electron chi connectivity index (χ0n) is 13.7. The Labute approximate surface area is 152 Å². The van der Waals surface area contributed by atoms with E-state index in [9.17, 15) is 8.42 Å². The summed E-state index contributed by atoms with van der Waals surface area (Å²) in [7, 11) is -2.05. The number of sulfonamides is 1. The SMILES string of the molecule is C=CCC1Oc2cc(Cl)cc(OC)c2-c2ccc(CS(N)(=O)=O)cc21. The number of ether oxygens (including phenoxy) is 2. The molecule has 25 heavy (non-hydrogen) atoms. The molecule has 5 nitrogen and oxygen atoms in total. The number of hydrogen-bond donors (Lipinski definition) is 1. The first kappa shape index (κ1) is 17.8. The predicted molar refractivity (Wildman–Crippen MR) is 98.4 cm³/mol. The molecule has 7 heteroatoms. The summed E-state index contributed by atoms with van der Waals surface area (Å²) in [5.74, 6) is 0.994. The second-order valence-corrected chi connectivity index (χ2v) is 7.89. The van der Waals surface area contributed by atoms with E-state index in [1.54, 1.807) is 31.4 Å². The second-order valence-electron chi connectivity index (χ2n) is 5.84. The van der Waals surface area contributed by atoms with Crippen LogP contribution in [0.15, 0.2) is 43.0 Å². The van der Waals surface area contributed by atoms with E-state index in [0.717, 1.165) is 16.7 Å². The van der Waals surface area contributed by atoms with Gasteiger partial charge in [0.25, 0.3) is 0 Å². The summed E-state index contributed by atoms with van der Waals surface area (Å²) in [6.45, 7) is 3.77. The standard InChI is InChI=1S/C18H18ClNO4S/c1-3-4-15-14-7-11(10-25(20,21)22)5-6-13(14)18-16(23-2)8-12(19)9-17(18)24-15/h3,5-9,15H,1,4,10H2,2H3,(H2,20,21,22). The minimum atomic E-state index is -3.62. The number of benzene rings is 2. The van der Waals surface area contributed by atoms with E-state index in [-0.39, 0.29) is 11.9 Å². The first-order valence-corrected chi connectivity index (χ1v) is 9.70. The van der Waals surface area contributed by atoms with E-state index < -0.39 is 10.0 Å². The molecule has 1 atom stereocenters. The molecule has 3 rings (SSSR count). The van der Waals surface area contributed by atoms with Crippen molar-refractivity contribution in [3.05, 3.63) is 59.1 Å². The summed E-state index contributed by atoms with van der Waals surface area (Å²) in [6.07, 6.45) is 2.04. The van der Waals surface area contributed by atoms with Crippen LogP contribution in [0.5, 0.6) is 11.5 Å². The van der Waals surface area contributed by atoms with Crippen molar-refractivity contribution in [2.75, 3.05) is 7.11 Å². The minimum absolute atomic E-state index is 0.230. The van der Waals surface area contributed by atoms with Crippen LogP contribution in [0.4, 0.5) is 0 Å². The van der Waals surface area contributed by atoms with Gasteiger partial charge in [0.05, 0.1) is 18.4 Å². The normalized spacial score (nSPS) is 15.7. The predicted octanol–water partition coefficient (Wildman–Crippen LogP) is 3.81. The summed E-state index contributed by atoms with van der Waals surface area (Å²) >= 11 is 6.15. The fraction of sp³-hybridized carbons (Fsp3) is 0.222. The Bertz CT molecular complexity index is 940. The lowest BCUT2D eigenvalue weighted by Gasteiger charge is -2.30. The van der Waals surface area contributed by atoms with Gasteiger partial charge < -0.3 is 9.47 Å². The monoisotopic (exact) mass is 379 g/mol. The van der Waals surface area contributed by atoms with Crippen molar-refractivity contribution in [2.45, 2.75) is 18.3 Å². The van der Waals surface area contributed by atoms with Crippen LogP contribution in [0.3, 0.4) is 0 Å². The van der Waals surface area contributed by atoms with Gasteiger partial charge in [-0.15, -0.1) is 6.58 Å². The molecule has 0 amide bonds. The Morgan fingerprint density at radius 1 is 1.36 bits per heavy atom. The molecular weight excluding hydrogens is 362 g/mol. The van der Waals surface area contributed by atoms with Crippen molar-refractivity contribution >= 4 is 21.6 Å². The lowest BCUT2D eigenvalue weighted by molar-refractivity contribution is 0.205. The van der Waals surface area contributed by atoms with Crippen LogP contribution in [-0.4, -0.2) is 15.5 Å². The summed E-state index contributed by atoms with van der Waals surface area (Å²) in [5, 5.41) is 5.68. The molecule has 0 saturated carbocycles. The fourth-order valence-electron chi connectivity index (χ4n) is 3.05. The molecule has 132 valence electrons. The highest BCUT2D eigenvalue weighted by Crippen LogP contribution is 2.49. The highest BCUT2D eigenvalue weighted by Gasteiger charge is 2.29. The average Bonchev–Trinajstić information content (AvgIpc) is 2.52. The zero-order chi connectivity index (χ0) is 18.2. The molecule has 0 aromatic heterocycles. The summed E-state index contributed by atoms with van der Waals surface area (Å²) < 4.78 is 34.4. The number of fused-ring (bicyclic) bond motifs is 3. The van der Waals surface area contributed by atoms with Crippen molar-refractivity contribution in [1.29, 1.82) is 0 Å². The van der Waals surface area contributed by atoms with Gasteiger partial charge in [-0.1, -0.05) is 35.9 Å². The summed E-state index contributed by atoms with van der Waals surface area (Å²) in [4.78, 5) is 0. The molecular formula is C18H18ClNO4S. The maximum Gasteiger partial charge on any atom is 0.213 e. The van der Waals surface area contributed by atoms with E-state index in [2.05, 4.69) is 6.58 Å². The zero-order valence-corrected chi connectivity index (χ0v) is 15.2. The van der Waals surface area contributed by atoms with Crippen molar-refractivity contribution in [3.63, 3.8) is 0 Å². The molecule has 0 bridgehead atoms. The van der Waals surface area contributed by atoms with Gasteiger partial charge in [-0.2, -0.15) is 0 Å². The summed E-state index contributed by atoms with van der Waals surface area (Å²) in [5.41, 5.74) is 3.19. The van der Waals surface area contributed by atoms with Crippen LogP contribution in [0.25, 0.3) is 11.1 Å². The van der Waals surface area contributed by atoms with Crippen LogP contribution in [0.2, 0.25) is 5.02 Å². The Hall–Kier alpha value is -2.02. The highest BCUT2D eigenvalue weighted by molar-refractivity contribution is 7.88. The van der Waals surface area contributed by atoms with Crippen LogP contribution in [0, 0.1) is 0 Å². The molecule has 0 spiro atoms. The lowest BCUT2D eigenvalue weighted by Crippen LogP contribution is -2.17. The van der Waals surface area contributed by atoms with E-state index in [1.807, 2.05) is 12.1 Å². The van der Waals surface area contributed by atoms with Crippen LogP contribution in [0.1, 0.15) is 23.7 Å². The van der Waals surface area contributed by atoms with Gasteiger partial charge in [-0.3, -0.25) is 0 Å². The number of methoxy groups -OCH3 is 1. The van der Waals surface area contributed by atoms with Gasteiger partial charge in [0, 0.05) is 17.0 Å². The summed E-state index contributed by atoms with van der Waals surface area (Å²) in [6, 6.07) is 8.89. The Balaban J connectivity index is 2.20. The Kier molecular flexibility index (Phi) is 4.77. The van der Waals surface area contributed by atoms with Crippen molar-refractivity contribution in [2.24, 2.45) is 5.14 Å². The third-order valence-electron chi connectivity index (χ3n) is 4.00.